The molecule has 2 heteroatoms. The van der Waals surface area contributed by atoms with Gasteiger partial charge in [-0.2, -0.15) is 0 Å². The summed E-state index contributed by atoms with van der Waals surface area (Å²) in [5.74, 6) is 0. The van der Waals surface area contributed by atoms with Gasteiger partial charge in [-0.05, 0) is 0 Å². The van der Waals surface area contributed by atoms with Crippen molar-refractivity contribution in [2.45, 2.75) is 13.8 Å². The zero-order chi connectivity index (χ0) is 5.54. The van der Waals surface area contributed by atoms with Crippen LogP contribution in [0, 0.1) is 0 Å². The maximum atomic E-state index is 3.67. The van der Waals surface area contributed by atoms with Gasteiger partial charge in [0.15, 0.2) is 0 Å². The molecule has 1 aromatic rings. The van der Waals surface area contributed by atoms with E-state index in [4.69, 9.17) is 0 Å². The number of H-pyrrole nitrogens is 1. The number of aromatic nitrogens is 2. The number of nitrogens with one attached hydrogen (secondary N) is 1. The molecular formula is C5H10N2. The van der Waals surface area contributed by atoms with E-state index in [0.717, 1.165) is 0 Å². The average Bonchev–Trinajstić information content (AvgIpc) is 2.23. The Kier molecular flexibility index (Phi) is 4.62. The second-order valence-corrected chi connectivity index (χ2v) is 0.761. The molecule has 7 heavy (non-hydrogen) atoms. The maximum Gasteiger partial charge on any atom is 0.0919 e. The Labute approximate surface area is 43.6 Å². The molecule has 1 aromatic heterocycles. The second-order valence-electron chi connectivity index (χ2n) is 0.761. The largest absolute Gasteiger partial charge is 0.351 e. The third-order valence-electron chi connectivity index (χ3n) is 0.406. The van der Waals surface area contributed by atoms with E-state index >= 15 is 0 Å². The van der Waals surface area contributed by atoms with Gasteiger partial charge in [0.05, 0.1) is 6.33 Å². The topological polar surface area (TPSA) is 28.7 Å². The molecule has 0 aliphatic heterocycles. The fourth-order valence-corrected chi connectivity index (χ4v) is 0.215. The number of imidazole rings is 1. The van der Waals surface area contributed by atoms with Crippen LogP contribution in [0.3, 0.4) is 0 Å². The predicted octanol–water partition coefficient (Wildman–Crippen LogP) is 1.44. The molecule has 2 nitrogen and oxygen atoms in total. The summed E-state index contributed by atoms with van der Waals surface area (Å²) in [5, 5.41) is 0. The van der Waals surface area contributed by atoms with Crippen molar-refractivity contribution in [1.29, 1.82) is 0 Å². The maximum absolute atomic E-state index is 3.67. The Morgan fingerprint density at radius 2 is 2.14 bits per heavy atom. The number of hydrogen-bond donors (Lipinski definition) is 1. The zero-order valence-electron chi connectivity index (χ0n) is 4.68. The third kappa shape index (κ3) is 3.03. The lowest BCUT2D eigenvalue weighted by molar-refractivity contribution is 1.31. The molecule has 0 amide bonds. The number of nitrogens with zero attached hydrogens (tertiary/aromatic N) is 1. The highest BCUT2D eigenvalue weighted by molar-refractivity contribution is 4.64. The highest BCUT2D eigenvalue weighted by Gasteiger charge is 1.56. The minimum Gasteiger partial charge on any atom is -0.351 e. The first kappa shape index (κ1) is 6.21. The van der Waals surface area contributed by atoms with E-state index in [-0.39, 0.29) is 0 Å². The minimum absolute atomic E-state index is 1.62. The van der Waals surface area contributed by atoms with E-state index < -0.39 is 0 Å². The SMILES string of the molecule is CC.c1c[nH]cn1. The van der Waals surface area contributed by atoms with Gasteiger partial charge in [0.25, 0.3) is 0 Å². The van der Waals surface area contributed by atoms with E-state index in [2.05, 4.69) is 9.97 Å². The Bertz CT molecular complexity index is 62.6. The van der Waals surface area contributed by atoms with Gasteiger partial charge in [-0.3, -0.25) is 0 Å². The van der Waals surface area contributed by atoms with Crippen LogP contribution < -0.4 is 0 Å². The van der Waals surface area contributed by atoms with Crippen molar-refractivity contribution in [2.24, 2.45) is 0 Å². The highest BCUT2D eigenvalue weighted by atomic mass is 14.8. The van der Waals surface area contributed by atoms with Crippen LogP contribution in [0.5, 0.6) is 0 Å². The van der Waals surface area contributed by atoms with Crippen molar-refractivity contribution >= 4 is 0 Å². The summed E-state index contributed by atoms with van der Waals surface area (Å²) in [7, 11) is 0. The molecule has 0 saturated heterocycles. The Morgan fingerprint density at radius 1 is 1.43 bits per heavy atom. The highest BCUT2D eigenvalue weighted by Crippen LogP contribution is 1.62. The van der Waals surface area contributed by atoms with Crippen LogP contribution in [-0.4, -0.2) is 9.97 Å². The Balaban J connectivity index is 0.000000162. The van der Waals surface area contributed by atoms with Gasteiger partial charge in [0.1, 0.15) is 0 Å². The summed E-state index contributed by atoms with van der Waals surface area (Å²) >= 11 is 0. The average molecular weight is 98.1 g/mol. The van der Waals surface area contributed by atoms with E-state index in [1.165, 1.54) is 0 Å². The van der Waals surface area contributed by atoms with Gasteiger partial charge in [-0.15, -0.1) is 0 Å². The standard InChI is InChI=1S/C3H4N2.C2H6/c1-2-5-3-4-1;1-2/h1-3H,(H,4,5);1-2H3. The molecule has 0 atom stereocenters. The molecule has 0 fully saturated rings. The molecule has 1 rings (SSSR count). The fourth-order valence-electron chi connectivity index (χ4n) is 0.215. The van der Waals surface area contributed by atoms with Crippen molar-refractivity contribution in [3.8, 4) is 0 Å². The molecule has 0 aliphatic carbocycles. The molecule has 0 spiro atoms. The molecule has 40 valence electrons. The van der Waals surface area contributed by atoms with Gasteiger partial charge < -0.3 is 4.98 Å². The first-order valence-electron chi connectivity index (χ1n) is 2.43. The van der Waals surface area contributed by atoms with Gasteiger partial charge in [-0.1, -0.05) is 13.8 Å². The van der Waals surface area contributed by atoms with Crippen molar-refractivity contribution < 1.29 is 0 Å². The monoisotopic (exact) mass is 98.1 g/mol. The van der Waals surface area contributed by atoms with Crippen molar-refractivity contribution in [1.82, 2.24) is 9.97 Å². The molecule has 0 saturated carbocycles. The number of hydrogen-bond acceptors (Lipinski definition) is 1. The molecule has 0 aliphatic rings. The van der Waals surface area contributed by atoms with E-state index in [1.54, 1.807) is 18.7 Å². The van der Waals surface area contributed by atoms with Gasteiger partial charge in [0.2, 0.25) is 0 Å². The van der Waals surface area contributed by atoms with Crippen LogP contribution >= 0.6 is 0 Å². The molecule has 1 heterocycles. The Morgan fingerprint density at radius 3 is 2.29 bits per heavy atom. The summed E-state index contributed by atoms with van der Waals surface area (Å²) in [5.41, 5.74) is 0. The van der Waals surface area contributed by atoms with Crippen LogP contribution in [0.4, 0.5) is 0 Å². The van der Waals surface area contributed by atoms with Crippen LogP contribution in [-0.2, 0) is 0 Å². The first-order valence-corrected chi connectivity index (χ1v) is 2.43. The summed E-state index contributed by atoms with van der Waals surface area (Å²) < 4.78 is 0. The van der Waals surface area contributed by atoms with E-state index in [0.29, 0.717) is 0 Å². The van der Waals surface area contributed by atoms with Crippen molar-refractivity contribution in [3.63, 3.8) is 0 Å². The predicted molar refractivity (Wildman–Crippen MR) is 29.9 cm³/mol. The van der Waals surface area contributed by atoms with E-state index in [1.807, 2.05) is 13.8 Å². The molecule has 1 N–H and O–H groups in total. The fraction of sp³-hybridized carbons (Fsp3) is 0.400. The Hall–Kier alpha value is -0.790. The van der Waals surface area contributed by atoms with Crippen molar-refractivity contribution in [3.05, 3.63) is 18.7 Å². The summed E-state index contributed by atoms with van der Waals surface area (Å²) in [6.07, 6.45) is 5.08. The van der Waals surface area contributed by atoms with Gasteiger partial charge in [-0.25, -0.2) is 4.98 Å². The first-order chi connectivity index (χ1) is 3.50. The van der Waals surface area contributed by atoms with Gasteiger partial charge >= 0.3 is 0 Å². The van der Waals surface area contributed by atoms with Crippen LogP contribution in [0.1, 0.15) is 13.8 Å². The van der Waals surface area contributed by atoms with E-state index in [9.17, 15) is 0 Å². The lowest BCUT2D eigenvalue weighted by Gasteiger charge is -1.46. The zero-order valence-corrected chi connectivity index (χ0v) is 4.68. The lowest BCUT2D eigenvalue weighted by atomic mass is 11.0. The van der Waals surface area contributed by atoms with Crippen molar-refractivity contribution in [2.75, 3.05) is 0 Å². The quantitative estimate of drug-likeness (QED) is 0.522. The van der Waals surface area contributed by atoms with Crippen LogP contribution in [0.2, 0.25) is 0 Å². The normalized spacial score (nSPS) is 6.57. The molecular weight excluding hydrogens is 88.1 g/mol. The smallest absolute Gasteiger partial charge is 0.0919 e. The van der Waals surface area contributed by atoms with Crippen LogP contribution in [0.15, 0.2) is 18.7 Å². The molecule has 0 unspecified atom stereocenters. The summed E-state index contributed by atoms with van der Waals surface area (Å²) in [6.45, 7) is 4.00. The molecule has 0 radical (unpaired) electrons. The molecule has 0 aromatic carbocycles. The summed E-state index contributed by atoms with van der Waals surface area (Å²) in [4.78, 5) is 6.42. The number of aromatic amines is 1. The number of rotatable bonds is 0. The molecule has 0 bridgehead atoms. The second kappa shape index (κ2) is 5.21. The third-order valence-corrected chi connectivity index (χ3v) is 0.406. The lowest BCUT2D eigenvalue weighted by Crippen LogP contribution is -1.44. The summed E-state index contributed by atoms with van der Waals surface area (Å²) in [6, 6.07) is 0. The van der Waals surface area contributed by atoms with Crippen LogP contribution in [0.25, 0.3) is 0 Å². The van der Waals surface area contributed by atoms with Gasteiger partial charge in [0, 0.05) is 12.4 Å². The minimum atomic E-state index is 1.62.